The highest BCUT2D eigenvalue weighted by atomic mass is 16.5. The van der Waals surface area contributed by atoms with Crippen molar-refractivity contribution < 1.29 is 4.74 Å². The Morgan fingerprint density at radius 2 is 2.06 bits per heavy atom. The van der Waals surface area contributed by atoms with Crippen molar-refractivity contribution in [2.75, 3.05) is 33.8 Å². The second-order valence-corrected chi connectivity index (χ2v) is 4.34. The van der Waals surface area contributed by atoms with Crippen LogP contribution in [0, 0.1) is 0 Å². The maximum absolute atomic E-state index is 5.52. The summed E-state index contributed by atoms with van der Waals surface area (Å²) in [5.74, 6) is 0.992. The average molecular weight is 236 g/mol. The first-order valence-corrected chi connectivity index (χ1v) is 6.25. The Morgan fingerprint density at radius 3 is 2.65 bits per heavy atom. The Labute approximate surface area is 105 Å². The smallest absolute Gasteiger partial charge is 0.122 e. The van der Waals surface area contributed by atoms with Gasteiger partial charge in [0, 0.05) is 19.6 Å². The van der Waals surface area contributed by atoms with E-state index in [-0.39, 0.29) is 0 Å². The van der Waals surface area contributed by atoms with Crippen molar-refractivity contribution >= 4 is 0 Å². The molecule has 1 aromatic rings. The van der Waals surface area contributed by atoms with E-state index in [1.807, 2.05) is 0 Å². The van der Waals surface area contributed by atoms with Crippen LogP contribution in [0.1, 0.15) is 18.1 Å². The van der Waals surface area contributed by atoms with Crippen LogP contribution in [0.15, 0.2) is 18.2 Å². The number of rotatable bonds is 7. The number of hydrogen-bond donors (Lipinski definition) is 1. The van der Waals surface area contributed by atoms with Crippen LogP contribution >= 0.6 is 0 Å². The molecule has 0 saturated heterocycles. The predicted molar refractivity (Wildman–Crippen MR) is 72.6 cm³/mol. The van der Waals surface area contributed by atoms with E-state index >= 15 is 0 Å². The Balaban J connectivity index is 2.60. The number of nitrogens with two attached hydrogens (primary N) is 1. The normalized spacial score (nSPS) is 10.9. The summed E-state index contributed by atoms with van der Waals surface area (Å²) in [6, 6.07) is 6.46. The largest absolute Gasteiger partial charge is 0.496 e. The van der Waals surface area contributed by atoms with Crippen molar-refractivity contribution in [2.45, 2.75) is 19.8 Å². The standard InChI is InChI=1S/C14H24N2O/c1-4-13-11-12(5-6-14(13)17-3)7-9-16(2)10-8-15/h5-6,11H,4,7-10,15H2,1-3H3. The van der Waals surface area contributed by atoms with Crippen molar-refractivity contribution in [3.8, 4) is 5.75 Å². The molecule has 0 radical (unpaired) electrons. The summed E-state index contributed by atoms with van der Waals surface area (Å²) in [6.07, 6.45) is 2.07. The van der Waals surface area contributed by atoms with Gasteiger partial charge < -0.3 is 15.4 Å². The lowest BCUT2D eigenvalue weighted by Gasteiger charge is -2.16. The minimum absolute atomic E-state index is 0.722. The molecule has 0 bridgehead atoms. The first-order valence-electron chi connectivity index (χ1n) is 6.25. The van der Waals surface area contributed by atoms with E-state index in [0.717, 1.165) is 38.2 Å². The van der Waals surface area contributed by atoms with E-state index < -0.39 is 0 Å². The minimum Gasteiger partial charge on any atom is -0.496 e. The number of methoxy groups -OCH3 is 1. The zero-order valence-corrected chi connectivity index (χ0v) is 11.2. The highest BCUT2D eigenvalue weighted by molar-refractivity contribution is 5.37. The first kappa shape index (κ1) is 14.0. The van der Waals surface area contributed by atoms with Crippen LogP contribution in [0.4, 0.5) is 0 Å². The van der Waals surface area contributed by atoms with Gasteiger partial charge in [-0.25, -0.2) is 0 Å². The highest BCUT2D eigenvalue weighted by Gasteiger charge is 2.03. The van der Waals surface area contributed by atoms with Gasteiger partial charge in [0.1, 0.15) is 5.75 Å². The van der Waals surface area contributed by atoms with E-state index in [1.54, 1.807) is 7.11 Å². The SMILES string of the molecule is CCc1cc(CCN(C)CCN)ccc1OC. The lowest BCUT2D eigenvalue weighted by Crippen LogP contribution is -2.27. The van der Waals surface area contributed by atoms with Gasteiger partial charge in [0.05, 0.1) is 7.11 Å². The molecule has 17 heavy (non-hydrogen) atoms. The Hall–Kier alpha value is -1.06. The summed E-state index contributed by atoms with van der Waals surface area (Å²) >= 11 is 0. The van der Waals surface area contributed by atoms with E-state index in [9.17, 15) is 0 Å². The van der Waals surface area contributed by atoms with Crippen molar-refractivity contribution in [2.24, 2.45) is 5.73 Å². The van der Waals surface area contributed by atoms with Gasteiger partial charge in [-0.1, -0.05) is 19.1 Å². The number of hydrogen-bond acceptors (Lipinski definition) is 3. The third-order valence-electron chi connectivity index (χ3n) is 3.02. The van der Waals surface area contributed by atoms with Crippen LogP contribution < -0.4 is 10.5 Å². The maximum Gasteiger partial charge on any atom is 0.122 e. The van der Waals surface area contributed by atoms with E-state index in [2.05, 4.69) is 37.1 Å². The molecular formula is C14H24N2O. The van der Waals surface area contributed by atoms with Gasteiger partial charge in [0.2, 0.25) is 0 Å². The second-order valence-electron chi connectivity index (χ2n) is 4.34. The van der Waals surface area contributed by atoms with E-state index in [4.69, 9.17) is 10.5 Å². The van der Waals surface area contributed by atoms with Crippen molar-refractivity contribution in [1.82, 2.24) is 4.90 Å². The molecule has 0 saturated carbocycles. The molecular weight excluding hydrogens is 212 g/mol. The van der Waals surface area contributed by atoms with Gasteiger partial charge in [0.25, 0.3) is 0 Å². The van der Waals surface area contributed by atoms with Gasteiger partial charge in [-0.2, -0.15) is 0 Å². The van der Waals surface area contributed by atoms with Gasteiger partial charge in [0.15, 0.2) is 0 Å². The number of nitrogens with zero attached hydrogens (tertiary/aromatic N) is 1. The molecule has 0 unspecified atom stereocenters. The topological polar surface area (TPSA) is 38.5 Å². The van der Waals surface area contributed by atoms with Crippen LogP contribution in [0.25, 0.3) is 0 Å². The zero-order chi connectivity index (χ0) is 12.7. The maximum atomic E-state index is 5.52. The van der Waals surface area contributed by atoms with Crippen molar-refractivity contribution in [1.29, 1.82) is 0 Å². The van der Waals surface area contributed by atoms with Crippen molar-refractivity contribution in [3.63, 3.8) is 0 Å². The molecule has 0 fully saturated rings. The minimum atomic E-state index is 0.722. The van der Waals surface area contributed by atoms with E-state index in [1.165, 1.54) is 11.1 Å². The molecule has 2 N–H and O–H groups in total. The van der Waals surface area contributed by atoms with Crippen molar-refractivity contribution in [3.05, 3.63) is 29.3 Å². The highest BCUT2D eigenvalue weighted by Crippen LogP contribution is 2.20. The number of benzene rings is 1. The number of ether oxygens (including phenoxy) is 1. The van der Waals surface area contributed by atoms with Gasteiger partial charge in [-0.05, 0) is 37.1 Å². The molecule has 3 heteroatoms. The van der Waals surface area contributed by atoms with Gasteiger partial charge in [-0.15, -0.1) is 0 Å². The first-order chi connectivity index (χ1) is 8.21. The summed E-state index contributed by atoms with van der Waals surface area (Å²) in [5.41, 5.74) is 8.17. The predicted octanol–water partition coefficient (Wildman–Crippen LogP) is 1.69. The number of likely N-dealkylation sites (N-methyl/N-ethyl adjacent to an activating group) is 1. The lowest BCUT2D eigenvalue weighted by molar-refractivity contribution is 0.348. The molecule has 3 nitrogen and oxygen atoms in total. The van der Waals surface area contributed by atoms with Gasteiger partial charge in [-0.3, -0.25) is 0 Å². The molecule has 0 amide bonds. The molecule has 0 spiro atoms. The van der Waals surface area contributed by atoms with E-state index in [0.29, 0.717) is 0 Å². The zero-order valence-electron chi connectivity index (χ0n) is 11.2. The molecule has 1 aromatic carbocycles. The summed E-state index contributed by atoms with van der Waals surface area (Å²) in [5, 5.41) is 0. The summed E-state index contributed by atoms with van der Waals surface area (Å²) in [7, 11) is 3.83. The number of aryl methyl sites for hydroxylation is 1. The van der Waals surface area contributed by atoms with Crippen LogP contribution in [-0.2, 0) is 12.8 Å². The third kappa shape index (κ3) is 4.36. The summed E-state index contributed by atoms with van der Waals surface area (Å²) in [4.78, 5) is 2.26. The fourth-order valence-electron chi connectivity index (χ4n) is 1.92. The molecule has 0 atom stereocenters. The second kappa shape index (κ2) is 7.30. The fraction of sp³-hybridized carbons (Fsp3) is 0.571. The van der Waals surface area contributed by atoms with Crippen LogP contribution in [0.2, 0.25) is 0 Å². The molecule has 0 aliphatic rings. The van der Waals surface area contributed by atoms with Crippen LogP contribution in [0.3, 0.4) is 0 Å². The van der Waals surface area contributed by atoms with Crippen LogP contribution in [0.5, 0.6) is 5.75 Å². The molecule has 0 aliphatic carbocycles. The summed E-state index contributed by atoms with van der Waals surface area (Å²) < 4.78 is 5.33. The fourth-order valence-corrected chi connectivity index (χ4v) is 1.92. The average Bonchev–Trinajstić information content (AvgIpc) is 2.36. The third-order valence-corrected chi connectivity index (χ3v) is 3.02. The monoisotopic (exact) mass is 236 g/mol. The Morgan fingerprint density at radius 1 is 1.29 bits per heavy atom. The van der Waals surface area contributed by atoms with Gasteiger partial charge >= 0.3 is 0 Å². The lowest BCUT2D eigenvalue weighted by atomic mass is 10.1. The quantitative estimate of drug-likeness (QED) is 0.783. The molecule has 96 valence electrons. The molecule has 1 rings (SSSR count). The van der Waals surface area contributed by atoms with Crippen LogP contribution in [-0.4, -0.2) is 38.7 Å². The Bertz CT molecular complexity index is 339. The molecule has 0 aromatic heterocycles. The summed E-state index contributed by atoms with van der Waals surface area (Å²) in [6.45, 7) is 4.88. The molecule has 0 heterocycles. The molecule has 0 aliphatic heterocycles. The Kier molecular flexibility index (Phi) is 6.01.